The molecule has 0 bridgehead atoms. The van der Waals surface area contributed by atoms with Crippen LogP contribution in [0.1, 0.15) is 37.9 Å². The number of nitrogens with one attached hydrogen (secondary N) is 1. The SMILES string of the molecule is COC1OC(CO)Cn2c(cc3cc(NC(=O)C4(c5ccc6c(c5)OC(F)(F)O6)CC4)ccc32)C1(C)C. The monoisotopic (exact) mass is 514 g/mol. The van der Waals surface area contributed by atoms with Crippen LogP contribution < -0.4 is 14.8 Å². The van der Waals surface area contributed by atoms with Crippen LogP contribution in [-0.4, -0.2) is 48.0 Å². The van der Waals surface area contributed by atoms with E-state index < -0.39 is 29.5 Å². The summed E-state index contributed by atoms with van der Waals surface area (Å²) in [6, 6.07) is 12.3. The van der Waals surface area contributed by atoms with Crippen molar-refractivity contribution in [2.24, 2.45) is 0 Å². The zero-order chi connectivity index (χ0) is 26.2. The summed E-state index contributed by atoms with van der Waals surface area (Å²) in [5.74, 6) is -0.316. The van der Waals surface area contributed by atoms with Gasteiger partial charge in [-0.2, -0.15) is 0 Å². The van der Waals surface area contributed by atoms with Crippen molar-refractivity contribution in [3.05, 3.63) is 53.7 Å². The molecule has 2 unspecified atom stereocenters. The average Bonchev–Trinajstić information content (AvgIpc) is 3.52. The molecule has 3 aromatic rings. The number of fused-ring (bicyclic) bond motifs is 4. The normalized spacial score (nSPS) is 24.4. The largest absolute Gasteiger partial charge is 0.586 e. The van der Waals surface area contributed by atoms with Crippen LogP contribution in [0.5, 0.6) is 11.5 Å². The van der Waals surface area contributed by atoms with Gasteiger partial charge in [0.25, 0.3) is 0 Å². The Hall–Kier alpha value is -3.21. The van der Waals surface area contributed by atoms with Crippen molar-refractivity contribution in [3.63, 3.8) is 0 Å². The van der Waals surface area contributed by atoms with E-state index in [1.54, 1.807) is 13.2 Å². The number of hydrogen-bond donors (Lipinski definition) is 2. The molecule has 0 spiro atoms. The van der Waals surface area contributed by atoms with Crippen LogP contribution in [0.15, 0.2) is 42.5 Å². The van der Waals surface area contributed by atoms with E-state index in [2.05, 4.69) is 25.4 Å². The molecule has 1 fully saturated rings. The first-order chi connectivity index (χ1) is 17.6. The van der Waals surface area contributed by atoms with Gasteiger partial charge in [0.05, 0.1) is 24.0 Å². The van der Waals surface area contributed by atoms with E-state index in [0.717, 1.165) is 16.6 Å². The van der Waals surface area contributed by atoms with Crippen LogP contribution in [0.4, 0.5) is 14.5 Å². The number of rotatable bonds is 5. The molecule has 6 rings (SSSR count). The molecule has 1 aromatic heterocycles. The first kappa shape index (κ1) is 24.1. The molecule has 0 saturated heterocycles. The van der Waals surface area contributed by atoms with Crippen LogP contribution in [0.25, 0.3) is 10.9 Å². The molecule has 196 valence electrons. The highest BCUT2D eigenvalue weighted by molar-refractivity contribution is 6.02. The summed E-state index contributed by atoms with van der Waals surface area (Å²) >= 11 is 0. The minimum atomic E-state index is -3.70. The van der Waals surface area contributed by atoms with Crippen molar-refractivity contribution in [1.29, 1.82) is 0 Å². The van der Waals surface area contributed by atoms with E-state index in [1.807, 2.05) is 32.0 Å². The first-order valence-electron chi connectivity index (χ1n) is 12.2. The van der Waals surface area contributed by atoms with E-state index in [9.17, 15) is 18.7 Å². The van der Waals surface area contributed by atoms with Crippen molar-refractivity contribution in [2.45, 2.75) is 62.8 Å². The summed E-state index contributed by atoms with van der Waals surface area (Å²) in [6.07, 6.45) is -3.45. The van der Waals surface area contributed by atoms with E-state index >= 15 is 0 Å². The zero-order valence-corrected chi connectivity index (χ0v) is 20.7. The lowest BCUT2D eigenvalue weighted by atomic mass is 9.88. The molecular formula is C27H28F2N2O6. The molecule has 0 radical (unpaired) electrons. The second-order valence-electron chi connectivity index (χ2n) is 10.5. The number of hydrogen-bond acceptors (Lipinski definition) is 6. The molecule has 10 heteroatoms. The Bertz CT molecular complexity index is 1400. The van der Waals surface area contributed by atoms with Gasteiger partial charge in [-0.3, -0.25) is 4.79 Å². The number of nitrogens with zero attached hydrogens (tertiary/aromatic N) is 1. The molecule has 2 aromatic carbocycles. The van der Waals surface area contributed by atoms with Crippen LogP contribution in [0.2, 0.25) is 0 Å². The minimum absolute atomic E-state index is 0.0450. The molecule has 3 aliphatic rings. The Kier molecular flexibility index (Phi) is 5.31. The van der Waals surface area contributed by atoms with Crippen molar-refractivity contribution < 1.29 is 37.6 Å². The number of alkyl halides is 2. The lowest BCUT2D eigenvalue weighted by Crippen LogP contribution is -2.39. The zero-order valence-electron chi connectivity index (χ0n) is 20.7. The Morgan fingerprint density at radius 2 is 1.89 bits per heavy atom. The Morgan fingerprint density at radius 1 is 1.14 bits per heavy atom. The van der Waals surface area contributed by atoms with Gasteiger partial charge in [0, 0.05) is 29.4 Å². The minimum Gasteiger partial charge on any atom is -0.395 e. The van der Waals surface area contributed by atoms with Gasteiger partial charge in [-0.1, -0.05) is 6.07 Å². The molecule has 2 atom stereocenters. The first-order valence-corrected chi connectivity index (χ1v) is 12.2. The molecule has 1 saturated carbocycles. The number of methoxy groups -OCH3 is 1. The summed E-state index contributed by atoms with van der Waals surface area (Å²) in [5, 5.41) is 13.8. The number of aliphatic hydroxyl groups excluding tert-OH is 1. The highest BCUT2D eigenvalue weighted by Crippen LogP contribution is 2.52. The van der Waals surface area contributed by atoms with Crippen molar-refractivity contribution in [1.82, 2.24) is 4.57 Å². The number of anilines is 1. The maximum absolute atomic E-state index is 13.4. The third-order valence-electron chi connectivity index (χ3n) is 7.67. The summed E-state index contributed by atoms with van der Waals surface area (Å²) in [7, 11) is 1.59. The molecule has 2 N–H and O–H groups in total. The number of aliphatic hydroxyl groups is 1. The quantitative estimate of drug-likeness (QED) is 0.529. The lowest BCUT2D eigenvalue weighted by Gasteiger charge is -2.32. The second kappa shape index (κ2) is 8.14. The van der Waals surface area contributed by atoms with Gasteiger partial charge in [-0.05, 0) is 68.7 Å². The number of benzene rings is 2. The van der Waals surface area contributed by atoms with E-state index in [4.69, 9.17) is 9.47 Å². The predicted molar refractivity (Wildman–Crippen MR) is 130 cm³/mol. The average molecular weight is 515 g/mol. The molecule has 37 heavy (non-hydrogen) atoms. The Morgan fingerprint density at radius 3 is 2.59 bits per heavy atom. The van der Waals surface area contributed by atoms with Gasteiger partial charge in [0.2, 0.25) is 5.91 Å². The molecule has 1 aliphatic carbocycles. The number of carbonyl (C=O) groups is 1. The standard InChI is InChI=1S/C27H28F2N2O6/c1-25(2)22-11-15-10-17(5-6-19(15)31(22)13-18(14-32)35-24(25)34-3)30-23(33)26(8-9-26)16-4-7-20-21(12-16)37-27(28,29)36-20/h4-7,10-12,18,24,32H,8-9,13-14H2,1-3H3,(H,30,33). The summed E-state index contributed by atoms with van der Waals surface area (Å²) in [5.41, 5.74) is 1.91. The van der Waals surface area contributed by atoms with Gasteiger partial charge >= 0.3 is 6.29 Å². The van der Waals surface area contributed by atoms with Gasteiger partial charge in [-0.15, -0.1) is 8.78 Å². The van der Waals surface area contributed by atoms with Crippen molar-refractivity contribution in [2.75, 3.05) is 19.0 Å². The molecule has 3 heterocycles. The summed E-state index contributed by atoms with van der Waals surface area (Å²) in [4.78, 5) is 13.4. The highest BCUT2D eigenvalue weighted by Gasteiger charge is 2.53. The van der Waals surface area contributed by atoms with Gasteiger partial charge < -0.3 is 33.9 Å². The fraction of sp³-hybridized carbons (Fsp3) is 0.444. The number of carbonyl (C=O) groups excluding carboxylic acids is 1. The fourth-order valence-electron chi connectivity index (χ4n) is 5.51. The predicted octanol–water partition coefficient (Wildman–Crippen LogP) is 4.27. The van der Waals surface area contributed by atoms with Gasteiger partial charge in [0.15, 0.2) is 17.8 Å². The van der Waals surface area contributed by atoms with Crippen molar-refractivity contribution >= 4 is 22.5 Å². The van der Waals surface area contributed by atoms with E-state index in [1.165, 1.54) is 12.1 Å². The Labute approximate surface area is 212 Å². The number of amides is 1. The van der Waals surface area contributed by atoms with E-state index in [-0.39, 0.29) is 24.0 Å². The third-order valence-corrected chi connectivity index (χ3v) is 7.67. The van der Waals surface area contributed by atoms with Crippen LogP contribution in [0, 0.1) is 0 Å². The van der Waals surface area contributed by atoms with Gasteiger partial charge in [0.1, 0.15) is 6.10 Å². The lowest BCUT2D eigenvalue weighted by molar-refractivity contribution is -0.286. The fourth-order valence-corrected chi connectivity index (χ4v) is 5.51. The summed E-state index contributed by atoms with van der Waals surface area (Å²) in [6.45, 7) is 4.40. The molecule has 2 aliphatic heterocycles. The third kappa shape index (κ3) is 3.86. The number of halogens is 2. The van der Waals surface area contributed by atoms with Crippen LogP contribution in [0.3, 0.4) is 0 Å². The smallest absolute Gasteiger partial charge is 0.395 e. The maximum atomic E-state index is 13.4. The molecular weight excluding hydrogens is 486 g/mol. The van der Waals surface area contributed by atoms with Gasteiger partial charge in [-0.25, -0.2) is 0 Å². The van der Waals surface area contributed by atoms with Crippen LogP contribution in [-0.2, 0) is 31.6 Å². The summed E-state index contributed by atoms with van der Waals surface area (Å²) < 4.78 is 49.7. The number of aromatic nitrogens is 1. The topological polar surface area (TPSA) is 91.2 Å². The van der Waals surface area contributed by atoms with Crippen molar-refractivity contribution in [3.8, 4) is 11.5 Å². The maximum Gasteiger partial charge on any atom is 0.586 e. The Balaban J connectivity index is 1.29. The second-order valence-corrected chi connectivity index (χ2v) is 10.5. The van der Waals surface area contributed by atoms with Crippen LogP contribution >= 0.6 is 0 Å². The number of ether oxygens (including phenoxy) is 4. The highest BCUT2D eigenvalue weighted by atomic mass is 19.3. The molecule has 8 nitrogen and oxygen atoms in total. The van der Waals surface area contributed by atoms with E-state index in [0.29, 0.717) is 30.6 Å². The molecule has 1 amide bonds.